The number of hydrogen-bond donors (Lipinski definition) is 0. The molecule has 0 radical (unpaired) electrons. The Bertz CT molecular complexity index is 2930. The van der Waals surface area contributed by atoms with Crippen LogP contribution in [0.3, 0.4) is 0 Å². The SMILES string of the molecule is c1ccc(-c2nc(-c3ccccc3-c3cccc4oc5ccccc5c34)nc(-c3ccc(-c4ccc5ccccc5c4)c4ccccc34)n2)cc1. The minimum atomic E-state index is 0.613. The maximum atomic E-state index is 6.28. The highest BCUT2D eigenvalue weighted by atomic mass is 16.3. The molecule has 2 heterocycles. The van der Waals surface area contributed by atoms with Crippen molar-refractivity contribution in [2.75, 3.05) is 0 Å². The second-order valence-corrected chi connectivity index (χ2v) is 12.8. The van der Waals surface area contributed by atoms with Gasteiger partial charge in [-0.15, -0.1) is 0 Å². The highest BCUT2D eigenvalue weighted by molar-refractivity contribution is 6.13. The van der Waals surface area contributed by atoms with Crippen LogP contribution in [0.2, 0.25) is 0 Å². The first-order valence-electron chi connectivity index (χ1n) is 17.1. The summed E-state index contributed by atoms with van der Waals surface area (Å²) in [6.45, 7) is 0. The Morgan fingerprint density at radius 3 is 1.75 bits per heavy atom. The van der Waals surface area contributed by atoms with E-state index in [1.54, 1.807) is 0 Å². The fourth-order valence-electron chi connectivity index (χ4n) is 7.35. The second kappa shape index (κ2) is 11.9. The molecule has 4 heteroatoms. The number of rotatable bonds is 5. The summed E-state index contributed by atoms with van der Waals surface area (Å²) in [6.07, 6.45) is 0. The van der Waals surface area contributed by atoms with Gasteiger partial charge in [-0.2, -0.15) is 0 Å². The van der Waals surface area contributed by atoms with Crippen LogP contribution in [-0.2, 0) is 0 Å². The van der Waals surface area contributed by atoms with Crippen LogP contribution in [0.5, 0.6) is 0 Å². The lowest BCUT2D eigenvalue weighted by atomic mass is 9.93. The number of benzene rings is 8. The molecule has 0 bridgehead atoms. The van der Waals surface area contributed by atoms with Gasteiger partial charge in [0.2, 0.25) is 0 Å². The average molecular weight is 652 g/mol. The summed E-state index contributed by atoms with van der Waals surface area (Å²) in [6, 6.07) is 61.0. The van der Waals surface area contributed by atoms with Crippen molar-refractivity contribution in [3.05, 3.63) is 176 Å². The van der Waals surface area contributed by atoms with Gasteiger partial charge in [0.15, 0.2) is 17.5 Å². The molecule has 0 aliphatic rings. The Labute approximate surface area is 294 Å². The third-order valence-corrected chi connectivity index (χ3v) is 9.75. The van der Waals surface area contributed by atoms with Crippen LogP contribution in [0.1, 0.15) is 0 Å². The van der Waals surface area contributed by atoms with Crippen molar-refractivity contribution in [1.82, 2.24) is 15.0 Å². The summed E-state index contributed by atoms with van der Waals surface area (Å²) in [5.41, 5.74) is 8.97. The number of aromatic nitrogens is 3. The molecule has 51 heavy (non-hydrogen) atoms. The summed E-state index contributed by atoms with van der Waals surface area (Å²) < 4.78 is 6.28. The summed E-state index contributed by atoms with van der Waals surface area (Å²) in [5.74, 6) is 1.86. The molecule has 8 aromatic carbocycles. The highest BCUT2D eigenvalue weighted by Gasteiger charge is 2.20. The molecule has 0 atom stereocenters. The zero-order valence-electron chi connectivity index (χ0n) is 27.5. The maximum Gasteiger partial charge on any atom is 0.164 e. The molecule has 0 aliphatic heterocycles. The zero-order chi connectivity index (χ0) is 33.7. The topological polar surface area (TPSA) is 51.8 Å². The van der Waals surface area contributed by atoms with Gasteiger partial charge in [0.25, 0.3) is 0 Å². The van der Waals surface area contributed by atoms with Gasteiger partial charge in [-0.25, -0.2) is 15.0 Å². The molecule has 4 nitrogen and oxygen atoms in total. The van der Waals surface area contributed by atoms with E-state index in [1.165, 1.54) is 21.9 Å². The first-order valence-corrected chi connectivity index (χ1v) is 17.1. The number of para-hydroxylation sites is 1. The van der Waals surface area contributed by atoms with Crippen LogP contribution in [0, 0.1) is 0 Å². The van der Waals surface area contributed by atoms with Gasteiger partial charge in [-0.05, 0) is 68.1 Å². The predicted molar refractivity (Wildman–Crippen MR) is 209 cm³/mol. The zero-order valence-corrected chi connectivity index (χ0v) is 27.5. The molecule has 2 aromatic heterocycles. The number of hydrogen-bond acceptors (Lipinski definition) is 4. The summed E-state index contributed by atoms with van der Waals surface area (Å²) in [4.78, 5) is 15.5. The molecular weight excluding hydrogens is 623 g/mol. The van der Waals surface area contributed by atoms with Crippen LogP contribution in [-0.4, -0.2) is 15.0 Å². The lowest BCUT2D eigenvalue weighted by molar-refractivity contribution is 0.669. The average Bonchev–Trinajstić information content (AvgIpc) is 3.59. The first kappa shape index (κ1) is 29.0. The van der Waals surface area contributed by atoms with E-state index in [0.717, 1.165) is 60.5 Å². The third kappa shape index (κ3) is 4.96. The van der Waals surface area contributed by atoms with E-state index in [1.807, 2.05) is 60.7 Å². The van der Waals surface area contributed by atoms with Crippen molar-refractivity contribution in [3.63, 3.8) is 0 Å². The number of fused-ring (bicyclic) bond motifs is 5. The molecule has 0 N–H and O–H groups in total. The van der Waals surface area contributed by atoms with Crippen molar-refractivity contribution in [1.29, 1.82) is 0 Å². The van der Waals surface area contributed by atoms with Crippen molar-refractivity contribution in [2.45, 2.75) is 0 Å². The van der Waals surface area contributed by atoms with Crippen LogP contribution in [0.15, 0.2) is 180 Å². The molecule has 238 valence electrons. The van der Waals surface area contributed by atoms with Gasteiger partial charge in [0, 0.05) is 27.5 Å². The van der Waals surface area contributed by atoms with Gasteiger partial charge in [0.05, 0.1) is 0 Å². The fraction of sp³-hybridized carbons (Fsp3) is 0. The van der Waals surface area contributed by atoms with E-state index in [4.69, 9.17) is 19.4 Å². The van der Waals surface area contributed by atoms with E-state index in [9.17, 15) is 0 Å². The number of furan rings is 1. The third-order valence-electron chi connectivity index (χ3n) is 9.75. The van der Waals surface area contributed by atoms with Gasteiger partial charge >= 0.3 is 0 Å². The first-order chi connectivity index (χ1) is 25.3. The van der Waals surface area contributed by atoms with Gasteiger partial charge in [0.1, 0.15) is 11.2 Å². The van der Waals surface area contributed by atoms with Gasteiger partial charge in [-0.1, -0.05) is 152 Å². The Morgan fingerprint density at radius 2 is 0.902 bits per heavy atom. The normalized spacial score (nSPS) is 11.5. The summed E-state index contributed by atoms with van der Waals surface area (Å²) in [7, 11) is 0. The molecule has 10 aromatic rings. The monoisotopic (exact) mass is 651 g/mol. The van der Waals surface area contributed by atoms with Crippen molar-refractivity contribution >= 4 is 43.5 Å². The van der Waals surface area contributed by atoms with Crippen LogP contribution >= 0.6 is 0 Å². The van der Waals surface area contributed by atoms with E-state index in [2.05, 4.69) is 115 Å². The van der Waals surface area contributed by atoms with Crippen LogP contribution in [0.4, 0.5) is 0 Å². The van der Waals surface area contributed by atoms with E-state index >= 15 is 0 Å². The largest absolute Gasteiger partial charge is 0.456 e. The molecule has 0 spiro atoms. The Morgan fingerprint density at radius 1 is 0.314 bits per heavy atom. The van der Waals surface area contributed by atoms with E-state index < -0.39 is 0 Å². The summed E-state index contributed by atoms with van der Waals surface area (Å²) in [5, 5.41) is 6.83. The predicted octanol–water partition coefficient (Wildman–Crippen LogP) is 12.4. The van der Waals surface area contributed by atoms with Gasteiger partial charge < -0.3 is 4.42 Å². The molecule has 0 aliphatic carbocycles. The molecule has 10 rings (SSSR count). The van der Waals surface area contributed by atoms with Crippen molar-refractivity contribution < 1.29 is 4.42 Å². The Balaban J connectivity index is 1.19. The minimum Gasteiger partial charge on any atom is -0.456 e. The van der Waals surface area contributed by atoms with Crippen LogP contribution in [0.25, 0.3) is 99.9 Å². The summed E-state index contributed by atoms with van der Waals surface area (Å²) >= 11 is 0. The fourth-order valence-corrected chi connectivity index (χ4v) is 7.35. The standard InChI is InChI=1S/C47H29N3O/c1-2-14-31(15-3-1)45-48-46(39-20-9-8-19-37(39)38-22-12-24-43-44(38)41-21-10-11-23-42(41)51-43)50-47(49-45)40-28-27-34(35-17-6-7-18-36(35)40)33-26-25-30-13-4-5-16-32(30)29-33/h1-29H. The van der Waals surface area contributed by atoms with Gasteiger partial charge in [-0.3, -0.25) is 0 Å². The van der Waals surface area contributed by atoms with E-state index in [-0.39, 0.29) is 0 Å². The molecular formula is C47H29N3O. The van der Waals surface area contributed by atoms with Crippen molar-refractivity contribution in [3.8, 4) is 56.4 Å². The smallest absolute Gasteiger partial charge is 0.164 e. The maximum absolute atomic E-state index is 6.28. The molecule has 0 unspecified atom stereocenters. The Hall–Kier alpha value is -6.91. The van der Waals surface area contributed by atoms with Crippen LogP contribution < -0.4 is 0 Å². The number of nitrogens with zero attached hydrogens (tertiary/aromatic N) is 3. The lowest BCUT2D eigenvalue weighted by Crippen LogP contribution is -2.01. The minimum absolute atomic E-state index is 0.613. The van der Waals surface area contributed by atoms with E-state index in [0.29, 0.717) is 17.5 Å². The molecule has 0 fully saturated rings. The second-order valence-electron chi connectivity index (χ2n) is 12.8. The molecule has 0 saturated carbocycles. The lowest BCUT2D eigenvalue weighted by Gasteiger charge is -2.15. The quantitative estimate of drug-likeness (QED) is 0.186. The molecule has 0 amide bonds. The van der Waals surface area contributed by atoms with Crippen molar-refractivity contribution in [2.24, 2.45) is 0 Å². The molecule has 0 saturated heterocycles. The Kier molecular flexibility index (Phi) is 6.78. The highest BCUT2D eigenvalue weighted by Crippen LogP contribution is 2.41.